The highest BCUT2D eigenvalue weighted by Crippen LogP contribution is 2.41. The van der Waals surface area contributed by atoms with Crippen LogP contribution < -0.4 is 0 Å². The molecule has 1 saturated heterocycles. The first-order valence-corrected chi connectivity index (χ1v) is 13.3. The van der Waals surface area contributed by atoms with E-state index in [4.69, 9.17) is 9.47 Å². The molecular formula is C29H40N4O6. The summed E-state index contributed by atoms with van der Waals surface area (Å²) in [5.41, 5.74) is 1.09. The van der Waals surface area contributed by atoms with Crippen molar-refractivity contribution in [3.63, 3.8) is 0 Å². The number of esters is 2. The van der Waals surface area contributed by atoms with Gasteiger partial charge in [0.15, 0.2) is 0 Å². The van der Waals surface area contributed by atoms with Crippen molar-refractivity contribution in [1.29, 1.82) is 0 Å². The quantitative estimate of drug-likeness (QED) is 0.189. The maximum absolute atomic E-state index is 13.6. The molecule has 2 aliphatic heterocycles. The summed E-state index contributed by atoms with van der Waals surface area (Å²) in [6.07, 6.45) is 2.99. The van der Waals surface area contributed by atoms with Crippen molar-refractivity contribution < 1.29 is 24.0 Å². The maximum atomic E-state index is 13.6. The van der Waals surface area contributed by atoms with E-state index in [1.54, 1.807) is 26.0 Å². The molecule has 2 heterocycles. The highest BCUT2D eigenvalue weighted by Gasteiger charge is 2.43. The van der Waals surface area contributed by atoms with Crippen molar-refractivity contribution >= 4 is 23.3 Å². The van der Waals surface area contributed by atoms with Gasteiger partial charge >= 0.3 is 11.9 Å². The Morgan fingerprint density at radius 3 is 2.56 bits per heavy atom. The second-order valence-corrected chi connectivity index (χ2v) is 11.0. The van der Waals surface area contributed by atoms with Crippen molar-refractivity contribution in [3.05, 3.63) is 63.9 Å². The lowest BCUT2D eigenvalue weighted by Gasteiger charge is -2.33. The zero-order valence-corrected chi connectivity index (χ0v) is 23.6. The Bertz CT molecular complexity index is 1160. The van der Waals surface area contributed by atoms with Crippen molar-refractivity contribution in [2.24, 2.45) is 16.3 Å². The van der Waals surface area contributed by atoms with Gasteiger partial charge in [-0.25, -0.2) is 4.79 Å². The summed E-state index contributed by atoms with van der Waals surface area (Å²) in [7, 11) is 1.27. The van der Waals surface area contributed by atoms with Gasteiger partial charge in [0.05, 0.1) is 24.2 Å². The number of nitrogens with zero attached hydrogens (tertiary/aromatic N) is 4. The Labute approximate surface area is 230 Å². The van der Waals surface area contributed by atoms with Gasteiger partial charge in [0.1, 0.15) is 5.92 Å². The van der Waals surface area contributed by atoms with Gasteiger partial charge < -0.3 is 14.4 Å². The molecule has 39 heavy (non-hydrogen) atoms. The summed E-state index contributed by atoms with van der Waals surface area (Å²) in [5, 5.41) is 11.5. The lowest BCUT2D eigenvalue weighted by molar-refractivity contribution is -0.384. The van der Waals surface area contributed by atoms with Gasteiger partial charge in [-0.05, 0) is 38.9 Å². The predicted molar refractivity (Wildman–Crippen MR) is 150 cm³/mol. The van der Waals surface area contributed by atoms with Gasteiger partial charge in [0.25, 0.3) is 5.69 Å². The third-order valence-electron chi connectivity index (χ3n) is 7.26. The van der Waals surface area contributed by atoms with Crippen LogP contribution in [0.15, 0.2) is 53.2 Å². The number of hydrogen-bond acceptors (Lipinski definition) is 9. The molecule has 0 saturated carbocycles. The molecule has 0 bridgehead atoms. The number of allylic oxidation sites excluding steroid dienone is 1. The van der Waals surface area contributed by atoms with E-state index < -0.39 is 28.7 Å². The molecule has 3 rings (SSSR count). The lowest BCUT2D eigenvalue weighted by Crippen LogP contribution is -2.40. The standard InChI is InChI=1S/C29H40N4O6/c1-7-12-31-13-9-14-32(16-15-31)18-29(4,5)19-39-28(35)25-21(3)30-20(2)24(27(34)38-6)26(25)22-10-8-11-23(17-22)33(36)37/h7-8,10-11,17,24,26H,1,9,12-16,18-19H2,2-6H3. The van der Waals surface area contributed by atoms with Crippen molar-refractivity contribution in [2.45, 2.75) is 40.0 Å². The Morgan fingerprint density at radius 2 is 1.90 bits per heavy atom. The van der Waals surface area contributed by atoms with E-state index in [1.165, 1.54) is 19.2 Å². The fourth-order valence-electron chi connectivity index (χ4n) is 5.46. The monoisotopic (exact) mass is 540 g/mol. The number of ether oxygens (including phenoxy) is 2. The Morgan fingerprint density at radius 1 is 1.21 bits per heavy atom. The first-order valence-electron chi connectivity index (χ1n) is 13.3. The SMILES string of the molecule is C=CCN1CCCN(CC(C)(C)COC(=O)C2=C(C)N=C(C)C(C(=O)OC)C2c2cccc([N+](=O)[O-])c2)CC1. The summed E-state index contributed by atoms with van der Waals surface area (Å²) >= 11 is 0. The highest BCUT2D eigenvalue weighted by molar-refractivity contribution is 6.07. The Balaban J connectivity index is 1.82. The maximum Gasteiger partial charge on any atom is 0.336 e. The number of carbonyl (C=O) groups is 2. The van der Waals surface area contributed by atoms with E-state index in [2.05, 4.69) is 35.2 Å². The van der Waals surface area contributed by atoms with Crippen LogP contribution in [0, 0.1) is 21.4 Å². The van der Waals surface area contributed by atoms with Crippen LogP contribution in [-0.2, 0) is 19.1 Å². The van der Waals surface area contributed by atoms with Gasteiger partial charge in [0, 0.05) is 61.1 Å². The molecular weight excluding hydrogens is 500 g/mol. The van der Waals surface area contributed by atoms with Crippen LogP contribution in [0.25, 0.3) is 0 Å². The van der Waals surface area contributed by atoms with Gasteiger partial charge in [-0.3, -0.25) is 24.8 Å². The van der Waals surface area contributed by atoms with Crippen molar-refractivity contribution in [1.82, 2.24) is 9.80 Å². The van der Waals surface area contributed by atoms with E-state index in [0.29, 0.717) is 17.0 Å². The first kappa shape index (κ1) is 30.2. The summed E-state index contributed by atoms with van der Waals surface area (Å²) < 4.78 is 10.9. The van der Waals surface area contributed by atoms with Gasteiger partial charge in [-0.1, -0.05) is 32.1 Å². The van der Waals surface area contributed by atoms with Crippen LogP contribution in [-0.4, -0.2) is 85.4 Å². The summed E-state index contributed by atoms with van der Waals surface area (Å²) in [6.45, 7) is 17.0. The van der Waals surface area contributed by atoms with E-state index in [1.807, 2.05) is 6.08 Å². The summed E-state index contributed by atoms with van der Waals surface area (Å²) in [6, 6.07) is 5.98. The predicted octanol–water partition coefficient (Wildman–Crippen LogP) is 3.98. The molecule has 1 aromatic carbocycles. The number of nitro benzene ring substituents is 1. The van der Waals surface area contributed by atoms with Crippen LogP contribution in [0.1, 0.15) is 45.6 Å². The van der Waals surface area contributed by atoms with Crippen LogP contribution >= 0.6 is 0 Å². The van der Waals surface area contributed by atoms with Gasteiger partial charge in [0.2, 0.25) is 0 Å². The van der Waals surface area contributed by atoms with Crippen LogP contribution in [0.5, 0.6) is 0 Å². The fraction of sp³-hybridized carbons (Fsp3) is 0.552. The van der Waals surface area contributed by atoms with E-state index in [9.17, 15) is 19.7 Å². The third-order valence-corrected chi connectivity index (χ3v) is 7.26. The minimum atomic E-state index is -0.910. The molecule has 10 heteroatoms. The number of rotatable bonds is 10. The highest BCUT2D eigenvalue weighted by atomic mass is 16.6. The molecule has 212 valence electrons. The molecule has 2 unspecified atom stereocenters. The Kier molecular flexibility index (Phi) is 10.2. The van der Waals surface area contributed by atoms with Crippen molar-refractivity contribution in [3.8, 4) is 0 Å². The third kappa shape index (κ3) is 7.60. The number of carbonyl (C=O) groups excluding carboxylic acids is 2. The molecule has 1 aromatic rings. The molecule has 0 amide bonds. The second-order valence-electron chi connectivity index (χ2n) is 11.0. The first-order chi connectivity index (χ1) is 18.5. The number of nitro groups is 1. The average molecular weight is 541 g/mol. The van der Waals surface area contributed by atoms with Gasteiger partial charge in [-0.15, -0.1) is 6.58 Å². The molecule has 2 atom stereocenters. The number of hydrogen-bond donors (Lipinski definition) is 0. The summed E-state index contributed by atoms with van der Waals surface area (Å²) in [5.74, 6) is -2.90. The zero-order valence-electron chi connectivity index (χ0n) is 23.6. The van der Waals surface area contributed by atoms with Crippen LogP contribution in [0.2, 0.25) is 0 Å². The molecule has 0 aromatic heterocycles. The molecule has 10 nitrogen and oxygen atoms in total. The molecule has 0 N–H and O–H groups in total. The van der Waals surface area contributed by atoms with Gasteiger partial charge in [-0.2, -0.15) is 0 Å². The lowest BCUT2D eigenvalue weighted by atomic mass is 9.75. The number of methoxy groups -OCH3 is 1. The molecule has 0 radical (unpaired) electrons. The largest absolute Gasteiger partial charge is 0.468 e. The molecule has 1 fully saturated rings. The molecule has 0 spiro atoms. The van der Waals surface area contributed by atoms with E-state index in [0.717, 1.165) is 45.7 Å². The number of aliphatic imine (C=N–C) groups is 1. The average Bonchev–Trinajstić information content (AvgIpc) is 3.11. The second kappa shape index (κ2) is 13.1. The van der Waals surface area contributed by atoms with Crippen LogP contribution in [0.3, 0.4) is 0 Å². The number of non-ortho nitro benzene ring substituents is 1. The fourth-order valence-corrected chi connectivity index (χ4v) is 5.46. The van der Waals surface area contributed by atoms with E-state index in [-0.39, 0.29) is 23.3 Å². The molecule has 2 aliphatic rings. The van der Waals surface area contributed by atoms with Crippen molar-refractivity contribution in [2.75, 3.05) is 53.0 Å². The number of benzene rings is 1. The smallest absolute Gasteiger partial charge is 0.336 e. The Hall–Kier alpha value is -3.37. The summed E-state index contributed by atoms with van der Waals surface area (Å²) in [4.78, 5) is 46.7. The minimum absolute atomic E-state index is 0.133. The molecule has 0 aliphatic carbocycles. The van der Waals surface area contributed by atoms with E-state index >= 15 is 0 Å². The van der Waals surface area contributed by atoms with Crippen LogP contribution in [0.4, 0.5) is 5.69 Å². The minimum Gasteiger partial charge on any atom is -0.468 e. The normalized spacial score (nSPS) is 21.1. The zero-order chi connectivity index (χ0) is 28.7. The topological polar surface area (TPSA) is 115 Å².